The number of anilines is 2. The summed E-state index contributed by atoms with van der Waals surface area (Å²) in [6.45, 7) is 4.93. The number of unbranched alkanes of at least 4 members (excludes halogenated alkanes) is 1. The second-order valence-corrected chi connectivity index (χ2v) is 6.36. The number of hydrogen-bond acceptors (Lipinski definition) is 3. The Bertz CT molecular complexity index is 888. The van der Waals surface area contributed by atoms with Crippen LogP contribution in [0.1, 0.15) is 42.6 Å². The molecule has 0 aliphatic carbocycles. The molecule has 134 valence electrons. The van der Waals surface area contributed by atoms with Crippen molar-refractivity contribution in [2.75, 3.05) is 11.9 Å². The van der Waals surface area contributed by atoms with Crippen molar-refractivity contribution in [1.82, 2.24) is 10.3 Å². The maximum absolute atomic E-state index is 12.7. The van der Waals surface area contributed by atoms with Crippen LogP contribution in [0.15, 0.2) is 54.6 Å². The first-order valence-corrected chi connectivity index (χ1v) is 9.25. The molecule has 1 aromatic heterocycles. The zero-order chi connectivity index (χ0) is 18.4. The normalized spacial score (nSPS) is 10.7. The molecule has 0 unspecified atom stereocenters. The lowest BCUT2D eigenvalue weighted by Crippen LogP contribution is -2.24. The first-order valence-electron chi connectivity index (χ1n) is 9.25. The van der Waals surface area contributed by atoms with Crippen LogP contribution in [0.2, 0.25) is 0 Å². The largest absolute Gasteiger partial charge is 0.352 e. The minimum absolute atomic E-state index is 0.0542. The van der Waals surface area contributed by atoms with Gasteiger partial charge >= 0.3 is 0 Å². The first kappa shape index (κ1) is 17.9. The number of fused-ring (bicyclic) bond motifs is 1. The number of nitrogens with one attached hydrogen (secondary N) is 2. The number of benzene rings is 2. The van der Waals surface area contributed by atoms with E-state index in [1.165, 1.54) is 5.56 Å². The van der Waals surface area contributed by atoms with Gasteiger partial charge in [0.15, 0.2) is 0 Å². The summed E-state index contributed by atoms with van der Waals surface area (Å²) in [5, 5.41) is 7.19. The summed E-state index contributed by atoms with van der Waals surface area (Å²) in [6.07, 6.45) is 3.04. The van der Waals surface area contributed by atoms with Gasteiger partial charge in [0.25, 0.3) is 5.91 Å². The van der Waals surface area contributed by atoms with Gasteiger partial charge in [-0.3, -0.25) is 4.79 Å². The SMILES string of the molecule is CCCCNC(=O)c1cc(Nc2ccc(CC)cc2)nc2ccccc12. The molecular formula is C22H25N3O. The molecule has 4 nitrogen and oxygen atoms in total. The molecule has 2 aromatic carbocycles. The van der Waals surface area contributed by atoms with E-state index in [0.29, 0.717) is 17.9 Å². The lowest BCUT2D eigenvalue weighted by molar-refractivity contribution is 0.0955. The van der Waals surface area contributed by atoms with E-state index >= 15 is 0 Å². The molecule has 0 saturated heterocycles. The van der Waals surface area contributed by atoms with E-state index in [1.807, 2.05) is 42.5 Å². The maximum atomic E-state index is 12.7. The van der Waals surface area contributed by atoms with Crippen molar-refractivity contribution in [3.8, 4) is 0 Å². The topological polar surface area (TPSA) is 54.0 Å². The summed E-state index contributed by atoms with van der Waals surface area (Å²) in [5.41, 5.74) is 3.71. The molecule has 4 heteroatoms. The van der Waals surface area contributed by atoms with Gasteiger partial charge < -0.3 is 10.6 Å². The number of para-hydroxylation sites is 1. The molecule has 1 amide bonds. The third kappa shape index (κ3) is 4.20. The number of hydrogen-bond donors (Lipinski definition) is 2. The highest BCUT2D eigenvalue weighted by molar-refractivity contribution is 6.07. The molecule has 26 heavy (non-hydrogen) atoms. The van der Waals surface area contributed by atoms with Crippen LogP contribution in [0, 0.1) is 0 Å². The number of pyridine rings is 1. The Morgan fingerprint density at radius 2 is 1.81 bits per heavy atom. The average molecular weight is 347 g/mol. The zero-order valence-electron chi connectivity index (χ0n) is 15.4. The van der Waals surface area contributed by atoms with E-state index in [2.05, 4.69) is 41.6 Å². The van der Waals surface area contributed by atoms with Gasteiger partial charge in [0.2, 0.25) is 0 Å². The number of nitrogens with zero attached hydrogens (tertiary/aromatic N) is 1. The number of aromatic nitrogens is 1. The Hall–Kier alpha value is -2.88. The van der Waals surface area contributed by atoms with Crippen molar-refractivity contribution in [2.45, 2.75) is 33.1 Å². The summed E-state index contributed by atoms with van der Waals surface area (Å²) in [6, 6.07) is 17.9. The lowest BCUT2D eigenvalue weighted by Gasteiger charge is -2.12. The van der Waals surface area contributed by atoms with Gasteiger partial charge in [0.05, 0.1) is 11.1 Å². The minimum Gasteiger partial charge on any atom is -0.352 e. The van der Waals surface area contributed by atoms with Gasteiger partial charge in [0, 0.05) is 17.6 Å². The first-order chi connectivity index (χ1) is 12.7. The van der Waals surface area contributed by atoms with Crippen molar-refractivity contribution in [3.63, 3.8) is 0 Å². The van der Waals surface area contributed by atoms with Crippen LogP contribution < -0.4 is 10.6 Å². The summed E-state index contributed by atoms with van der Waals surface area (Å²) in [4.78, 5) is 17.3. The van der Waals surface area contributed by atoms with Gasteiger partial charge in [0.1, 0.15) is 5.82 Å². The van der Waals surface area contributed by atoms with Crippen molar-refractivity contribution in [3.05, 3.63) is 65.7 Å². The molecule has 0 fully saturated rings. The van der Waals surface area contributed by atoms with E-state index < -0.39 is 0 Å². The third-order valence-electron chi connectivity index (χ3n) is 4.41. The standard InChI is InChI=1S/C22H25N3O/c1-3-5-14-23-22(26)19-15-21(25-20-9-7-6-8-18(19)20)24-17-12-10-16(4-2)11-13-17/h6-13,15H,3-5,14H2,1-2H3,(H,23,26)(H,24,25). The quantitative estimate of drug-likeness (QED) is 0.587. The van der Waals surface area contributed by atoms with E-state index in [9.17, 15) is 4.79 Å². The van der Waals surface area contributed by atoms with Crippen molar-refractivity contribution >= 4 is 28.3 Å². The lowest BCUT2D eigenvalue weighted by atomic mass is 10.1. The fraction of sp³-hybridized carbons (Fsp3) is 0.273. The Morgan fingerprint density at radius 3 is 2.54 bits per heavy atom. The van der Waals surface area contributed by atoms with Gasteiger partial charge in [-0.05, 0) is 42.7 Å². The summed E-state index contributed by atoms with van der Waals surface area (Å²) in [5.74, 6) is 0.620. The van der Waals surface area contributed by atoms with Crippen LogP contribution in [0.5, 0.6) is 0 Å². The van der Waals surface area contributed by atoms with Gasteiger partial charge in [-0.1, -0.05) is 50.6 Å². The molecule has 0 saturated carbocycles. The van der Waals surface area contributed by atoms with Crippen molar-refractivity contribution in [2.24, 2.45) is 0 Å². The highest BCUT2D eigenvalue weighted by atomic mass is 16.1. The smallest absolute Gasteiger partial charge is 0.252 e. The Balaban J connectivity index is 1.91. The summed E-state index contributed by atoms with van der Waals surface area (Å²) in [7, 11) is 0. The van der Waals surface area contributed by atoms with E-state index in [0.717, 1.165) is 35.9 Å². The number of carbonyl (C=O) groups excluding carboxylic acids is 1. The molecule has 0 atom stereocenters. The van der Waals surface area contributed by atoms with Gasteiger partial charge in [-0.15, -0.1) is 0 Å². The number of carbonyl (C=O) groups is 1. The maximum Gasteiger partial charge on any atom is 0.252 e. The number of rotatable bonds is 7. The number of aryl methyl sites for hydroxylation is 1. The monoisotopic (exact) mass is 347 g/mol. The predicted molar refractivity (Wildman–Crippen MR) is 108 cm³/mol. The predicted octanol–water partition coefficient (Wildman–Crippen LogP) is 5.07. The van der Waals surface area contributed by atoms with Crippen LogP contribution in [0.3, 0.4) is 0 Å². The van der Waals surface area contributed by atoms with Crippen LogP contribution in [0.4, 0.5) is 11.5 Å². The highest BCUT2D eigenvalue weighted by Crippen LogP contribution is 2.23. The molecule has 0 radical (unpaired) electrons. The Kier molecular flexibility index (Phi) is 5.84. The van der Waals surface area contributed by atoms with Crippen molar-refractivity contribution in [1.29, 1.82) is 0 Å². The fourth-order valence-electron chi connectivity index (χ4n) is 2.87. The highest BCUT2D eigenvalue weighted by Gasteiger charge is 2.12. The minimum atomic E-state index is -0.0542. The number of amides is 1. The molecule has 2 N–H and O–H groups in total. The molecule has 0 aliphatic heterocycles. The summed E-state index contributed by atoms with van der Waals surface area (Å²) < 4.78 is 0. The Labute approximate surface area is 154 Å². The summed E-state index contributed by atoms with van der Waals surface area (Å²) >= 11 is 0. The van der Waals surface area contributed by atoms with Gasteiger partial charge in [-0.25, -0.2) is 4.98 Å². The van der Waals surface area contributed by atoms with Crippen LogP contribution in [-0.2, 0) is 6.42 Å². The van der Waals surface area contributed by atoms with E-state index in [4.69, 9.17) is 0 Å². The molecule has 1 heterocycles. The zero-order valence-corrected chi connectivity index (χ0v) is 15.4. The third-order valence-corrected chi connectivity index (χ3v) is 4.41. The van der Waals surface area contributed by atoms with Crippen LogP contribution in [0.25, 0.3) is 10.9 Å². The second kappa shape index (κ2) is 8.48. The molecular weight excluding hydrogens is 322 g/mol. The molecule has 0 aliphatic rings. The van der Waals surface area contributed by atoms with E-state index in [-0.39, 0.29) is 5.91 Å². The molecule has 0 bridgehead atoms. The molecule has 3 rings (SSSR count). The average Bonchev–Trinajstić information content (AvgIpc) is 2.68. The van der Waals surface area contributed by atoms with E-state index in [1.54, 1.807) is 0 Å². The van der Waals surface area contributed by atoms with Gasteiger partial charge in [-0.2, -0.15) is 0 Å². The fourth-order valence-corrected chi connectivity index (χ4v) is 2.87. The van der Waals surface area contributed by atoms with Crippen LogP contribution >= 0.6 is 0 Å². The second-order valence-electron chi connectivity index (χ2n) is 6.36. The molecule has 0 spiro atoms. The Morgan fingerprint density at radius 1 is 1.04 bits per heavy atom. The molecule has 3 aromatic rings. The van der Waals surface area contributed by atoms with Crippen molar-refractivity contribution < 1.29 is 4.79 Å². The van der Waals surface area contributed by atoms with Crippen LogP contribution in [-0.4, -0.2) is 17.4 Å².